The Labute approximate surface area is 134 Å². The van der Waals surface area contributed by atoms with Crippen molar-refractivity contribution in [1.29, 1.82) is 0 Å². The van der Waals surface area contributed by atoms with E-state index in [9.17, 15) is 0 Å². The molecule has 23 heavy (non-hydrogen) atoms. The van der Waals surface area contributed by atoms with Crippen molar-refractivity contribution >= 4 is 17.3 Å². The normalized spacial score (nSPS) is 10.7. The Morgan fingerprint density at radius 2 is 1.91 bits per heavy atom. The molecule has 0 bridgehead atoms. The van der Waals surface area contributed by atoms with Crippen molar-refractivity contribution in [3.8, 4) is 11.5 Å². The van der Waals surface area contributed by atoms with Crippen LogP contribution in [0.3, 0.4) is 0 Å². The van der Waals surface area contributed by atoms with Crippen LogP contribution in [0.2, 0.25) is 0 Å². The highest BCUT2D eigenvalue weighted by molar-refractivity contribution is 5.56. The van der Waals surface area contributed by atoms with Crippen molar-refractivity contribution in [1.82, 2.24) is 14.6 Å². The summed E-state index contributed by atoms with van der Waals surface area (Å²) in [4.78, 5) is 4.15. The predicted molar refractivity (Wildman–Crippen MR) is 89.0 cm³/mol. The summed E-state index contributed by atoms with van der Waals surface area (Å²) in [6.45, 7) is 2.62. The Morgan fingerprint density at radius 1 is 1.13 bits per heavy atom. The molecule has 0 fully saturated rings. The van der Waals surface area contributed by atoms with Crippen molar-refractivity contribution in [2.24, 2.45) is 0 Å². The number of fused-ring (bicyclic) bond motifs is 1. The maximum atomic E-state index is 5.64. The SMILES string of the molecule is COc1ccc(CNc2ccc3nc(N)nn3c2C)cc1OC. The summed E-state index contributed by atoms with van der Waals surface area (Å²) < 4.78 is 12.3. The summed E-state index contributed by atoms with van der Waals surface area (Å²) in [6, 6.07) is 9.69. The van der Waals surface area contributed by atoms with Crippen LogP contribution in [-0.2, 0) is 6.54 Å². The number of methoxy groups -OCH3 is 2. The van der Waals surface area contributed by atoms with E-state index in [2.05, 4.69) is 15.4 Å². The van der Waals surface area contributed by atoms with Gasteiger partial charge in [-0.15, -0.1) is 5.10 Å². The zero-order valence-corrected chi connectivity index (χ0v) is 13.3. The molecular formula is C16H19N5O2. The molecule has 0 atom stereocenters. The monoisotopic (exact) mass is 313 g/mol. The smallest absolute Gasteiger partial charge is 0.240 e. The minimum Gasteiger partial charge on any atom is -0.493 e. The van der Waals surface area contributed by atoms with E-state index in [4.69, 9.17) is 15.2 Å². The first kappa shape index (κ1) is 15.0. The molecular weight excluding hydrogens is 294 g/mol. The number of nitrogens with two attached hydrogens (primary N) is 1. The lowest BCUT2D eigenvalue weighted by molar-refractivity contribution is 0.354. The van der Waals surface area contributed by atoms with Crippen LogP contribution < -0.4 is 20.5 Å². The van der Waals surface area contributed by atoms with Crippen LogP contribution in [-0.4, -0.2) is 28.8 Å². The van der Waals surface area contributed by atoms with Gasteiger partial charge in [0.15, 0.2) is 17.1 Å². The number of nitrogens with zero attached hydrogens (tertiary/aromatic N) is 3. The molecule has 2 heterocycles. The second-order valence-corrected chi connectivity index (χ2v) is 5.12. The van der Waals surface area contributed by atoms with Crippen LogP contribution >= 0.6 is 0 Å². The average molecular weight is 313 g/mol. The maximum Gasteiger partial charge on any atom is 0.240 e. The van der Waals surface area contributed by atoms with E-state index in [0.717, 1.165) is 22.6 Å². The summed E-state index contributed by atoms with van der Waals surface area (Å²) in [5.74, 6) is 1.69. The van der Waals surface area contributed by atoms with Crippen molar-refractivity contribution in [2.45, 2.75) is 13.5 Å². The van der Waals surface area contributed by atoms with Gasteiger partial charge in [0, 0.05) is 6.54 Å². The minimum absolute atomic E-state index is 0.269. The van der Waals surface area contributed by atoms with E-state index < -0.39 is 0 Å². The molecule has 0 amide bonds. The van der Waals surface area contributed by atoms with Gasteiger partial charge in [0.05, 0.1) is 25.6 Å². The summed E-state index contributed by atoms with van der Waals surface area (Å²) in [6.07, 6.45) is 0. The highest BCUT2D eigenvalue weighted by atomic mass is 16.5. The van der Waals surface area contributed by atoms with E-state index in [1.165, 1.54) is 0 Å². The van der Waals surface area contributed by atoms with Gasteiger partial charge >= 0.3 is 0 Å². The lowest BCUT2D eigenvalue weighted by atomic mass is 10.2. The molecule has 0 saturated carbocycles. The van der Waals surface area contributed by atoms with Crippen molar-refractivity contribution in [2.75, 3.05) is 25.3 Å². The molecule has 7 nitrogen and oxygen atoms in total. The third-order valence-electron chi connectivity index (χ3n) is 3.69. The molecule has 120 valence electrons. The van der Waals surface area contributed by atoms with Crippen molar-refractivity contribution in [3.63, 3.8) is 0 Å². The standard InChI is InChI=1S/C16H19N5O2/c1-10-12(5-7-15-19-16(17)20-21(10)15)18-9-11-4-6-13(22-2)14(8-11)23-3/h4-8,18H,9H2,1-3H3,(H2,17,20). The number of nitrogens with one attached hydrogen (secondary N) is 1. The number of anilines is 2. The number of rotatable bonds is 5. The fourth-order valence-corrected chi connectivity index (χ4v) is 2.46. The fourth-order valence-electron chi connectivity index (χ4n) is 2.46. The van der Waals surface area contributed by atoms with Gasteiger partial charge in [-0.1, -0.05) is 6.07 Å². The van der Waals surface area contributed by atoms with Gasteiger partial charge in [-0.25, -0.2) is 4.52 Å². The summed E-state index contributed by atoms with van der Waals surface area (Å²) in [5, 5.41) is 7.58. The Hall–Kier alpha value is -2.96. The van der Waals surface area contributed by atoms with Crippen LogP contribution in [0.15, 0.2) is 30.3 Å². The first-order valence-electron chi connectivity index (χ1n) is 7.19. The van der Waals surface area contributed by atoms with Crippen LogP contribution in [0.1, 0.15) is 11.3 Å². The third kappa shape index (κ3) is 2.85. The fraction of sp³-hybridized carbons (Fsp3) is 0.250. The second kappa shape index (κ2) is 6.04. The number of benzene rings is 1. The molecule has 3 N–H and O–H groups in total. The van der Waals surface area contributed by atoms with Crippen LogP contribution in [0.5, 0.6) is 11.5 Å². The summed E-state index contributed by atoms with van der Waals surface area (Å²) in [5.41, 5.74) is 9.38. The van der Waals surface area contributed by atoms with E-state index in [-0.39, 0.29) is 5.95 Å². The molecule has 0 saturated heterocycles. The number of aryl methyl sites for hydroxylation is 1. The van der Waals surface area contributed by atoms with Gasteiger partial charge in [0.1, 0.15) is 0 Å². The average Bonchev–Trinajstić information content (AvgIpc) is 2.95. The van der Waals surface area contributed by atoms with E-state index >= 15 is 0 Å². The maximum absolute atomic E-state index is 5.64. The molecule has 0 unspecified atom stereocenters. The molecule has 0 aliphatic heterocycles. The van der Waals surface area contributed by atoms with Gasteiger partial charge in [0.25, 0.3) is 0 Å². The van der Waals surface area contributed by atoms with Crippen molar-refractivity contribution < 1.29 is 9.47 Å². The number of nitrogen functional groups attached to an aromatic ring is 1. The minimum atomic E-state index is 0.269. The van der Waals surface area contributed by atoms with E-state index in [0.29, 0.717) is 18.0 Å². The lowest BCUT2D eigenvalue weighted by Crippen LogP contribution is -2.05. The van der Waals surface area contributed by atoms with Gasteiger partial charge in [-0.3, -0.25) is 0 Å². The van der Waals surface area contributed by atoms with Crippen LogP contribution in [0.25, 0.3) is 5.65 Å². The lowest BCUT2D eigenvalue weighted by Gasteiger charge is -2.12. The zero-order valence-electron chi connectivity index (χ0n) is 13.3. The Morgan fingerprint density at radius 3 is 2.65 bits per heavy atom. The molecule has 0 aliphatic carbocycles. The predicted octanol–water partition coefficient (Wildman–Crippen LogP) is 2.25. The second-order valence-electron chi connectivity index (χ2n) is 5.12. The number of hydrogen-bond acceptors (Lipinski definition) is 6. The number of pyridine rings is 1. The Balaban J connectivity index is 1.82. The molecule has 0 spiro atoms. The Kier molecular flexibility index (Phi) is 3.92. The highest BCUT2D eigenvalue weighted by Crippen LogP contribution is 2.28. The van der Waals surface area contributed by atoms with Gasteiger partial charge in [-0.05, 0) is 36.8 Å². The zero-order chi connectivity index (χ0) is 16.4. The van der Waals surface area contributed by atoms with E-state index in [1.807, 2.05) is 37.3 Å². The summed E-state index contributed by atoms with van der Waals surface area (Å²) >= 11 is 0. The van der Waals surface area contributed by atoms with Crippen LogP contribution in [0, 0.1) is 6.92 Å². The molecule has 7 heteroatoms. The molecule has 3 aromatic rings. The van der Waals surface area contributed by atoms with Gasteiger partial charge < -0.3 is 20.5 Å². The molecule has 0 aliphatic rings. The number of hydrogen-bond donors (Lipinski definition) is 2. The molecule has 2 aromatic heterocycles. The Bertz CT molecular complexity index is 844. The number of ether oxygens (including phenoxy) is 2. The van der Waals surface area contributed by atoms with Crippen LogP contribution in [0.4, 0.5) is 11.6 Å². The molecule has 1 aromatic carbocycles. The quantitative estimate of drug-likeness (QED) is 0.751. The van der Waals surface area contributed by atoms with E-state index in [1.54, 1.807) is 18.7 Å². The first-order valence-corrected chi connectivity index (χ1v) is 7.19. The molecule has 3 rings (SSSR count). The molecule has 0 radical (unpaired) electrons. The first-order chi connectivity index (χ1) is 11.1. The topological polar surface area (TPSA) is 86.7 Å². The van der Waals surface area contributed by atoms with Gasteiger partial charge in [-0.2, -0.15) is 4.98 Å². The van der Waals surface area contributed by atoms with Gasteiger partial charge in [0.2, 0.25) is 5.95 Å². The highest BCUT2D eigenvalue weighted by Gasteiger charge is 2.08. The third-order valence-corrected chi connectivity index (χ3v) is 3.69. The largest absolute Gasteiger partial charge is 0.493 e. The van der Waals surface area contributed by atoms with Crippen molar-refractivity contribution in [3.05, 3.63) is 41.6 Å². The summed E-state index contributed by atoms with van der Waals surface area (Å²) in [7, 11) is 3.25. The number of aromatic nitrogens is 3.